The molecule has 4 rings (SSSR count). The average Bonchev–Trinajstić information content (AvgIpc) is 3.26. The molecule has 4 N–H and O–H groups in total. The molecular weight excluding hydrogens is 488 g/mol. The zero-order valence-corrected chi connectivity index (χ0v) is 20.4. The number of hydrogen-bond donors (Lipinski definition) is 3. The van der Waals surface area contributed by atoms with Crippen molar-refractivity contribution in [2.75, 3.05) is 25.6 Å². The van der Waals surface area contributed by atoms with Gasteiger partial charge in [0.2, 0.25) is 18.3 Å². The van der Waals surface area contributed by atoms with Gasteiger partial charge in [0.05, 0.1) is 12.9 Å². The predicted molar refractivity (Wildman–Crippen MR) is 125 cm³/mol. The Morgan fingerprint density at radius 1 is 1.32 bits per heavy atom. The topological polar surface area (TPSA) is 147 Å². The lowest BCUT2D eigenvalue weighted by molar-refractivity contribution is -0.201. The Bertz CT molecular complexity index is 1230. The lowest BCUT2D eigenvalue weighted by Crippen LogP contribution is -2.49. The molecule has 0 aliphatic carbocycles. The van der Waals surface area contributed by atoms with Crippen LogP contribution in [-0.2, 0) is 21.1 Å². The molecule has 3 heterocycles. The summed E-state index contributed by atoms with van der Waals surface area (Å²) >= 11 is 5.37. The highest BCUT2D eigenvalue weighted by molar-refractivity contribution is 8.09. The monoisotopic (exact) mass is 513 g/mol. The highest BCUT2D eigenvalue weighted by Gasteiger charge is 2.63. The van der Waals surface area contributed by atoms with Crippen molar-refractivity contribution in [2.24, 2.45) is 0 Å². The minimum atomic E-state index is -2.97. The van der Waals surface area contributed by atoms with E-state index in [4.69, 9.17) is 36.1 Å². The number of aliphatic hydroxyl groups is 2. The van der Waals surface area contributed by atoms with Gasteiger partial charge in [-0.2, -0.15) is 9.97 Å². The number of fused-ring (bicyclic) bond motifs is 1. The lowest BCUT2D eigenvalue weighted by atomic mass is 9.95. The summed E-state index contributed by atoms with van der Waals surface area (Å²) in [6, 6.07) is 8.71. The molecule has 1 aromatic carbocycles. The van der Waals surface area contributed by atoms with Crippen LogP contribution in [-0.4, -0.2) is 67.2 Å². The number of nitrogens with zero attached hydrogens (tertiary/aromatic N) is 4. The summed E-state index contributed by atoms with van der Waals surface area (Å²) in [6.45, 7) is 1.06. The molecule has 5 atom stereocenters. The van der Waals surface area contributed by atoms with Gasteiger partial charge < -0.3 is 34.5 Å². The zero-order valence-electron chi connectivity index (χ0n) is 18.7. The van der Waals surface area contributed by atoms with E-state index in [0.29, 0.717) is 12.4 Å². The van der Waals surface area contributed by atoms with E-state index in [0.717, 1.165) is 0 Å². The summed E-state index contributed by atoms with van der Waals surface area (Å²) < 4.78 is 39.3. The first-order valence-corrected chi connectivity index (χ1v) is 13.4. The average molecular weight is 513 g/mol. The Labute approximate surface area is 199 Å². The van der Waals surface area contributed by atoms with E-state index < -0.39 is 36.9 Å². The van der Waals surface area contributed by atoms with Crippen LogP contribution in [0, 0.1) is 0 Å². The van der Waals surface area contributed by atoms with Crippen LogP contribution >= 0.6 is 6.49 Å². The molecule has 2 aromatic heterocycles. The van der Waals surface area contributed by atoms with Crippen molar-refractivity contribution in [1.29, 1.82) is 0 Å². The molecule has 34 heavy (non-hydrogen) atoms. The van der Waals surface area contributed by atoms with Gasteiger partial charge in [-0.15, -0.1) is 0 Å². The summed E-state index contributed by atoms with van der Waals surface area (Å²) in [4.78, 5) is 12.3. The van der Waals surface area contributed by atoms with Gasteiger partial charge in [0.25, 0.3) is 5.85 Å². The highest BCUT2D eigenvalue weighted by atomic mass is 32.5. The quantitative estimate of drug-likeness (QED) is 0.381. The van der Waals surface area contributed by atoms with Crippen molar-refractivity contribution < 1.29 is 33.1 Å². The molecule has 11 nitrogen and oxygen atoms in total. The molecule has 1 saturated heterocycles. The van der Waals surface area contributed by atoms with Crippen molar-refractivity contribution in [3.63, 3.8) is 0 Å². The molecule has 14 heteroatoms. The molecule has 1 fully saturated rings. The molecule has 0 bridgehead atoms. The number of benzene rings is 1. The summed E-state index contributed by atoms with van der Waals surface area (Å²) in [5, 5.41) is 21.7. The number of imidazole rings is 1. The van der Waals surface area contributed by atoms with E-state index in [1.165, 1.54) is 24.5 Å². The summed E-state index contributed by atoms with van der Waals surface area (Å²) in [5.41, 5.74) is 4.04. The second-order valence-electron chi connectivity index (χ2n) is 7.98. The fourth-order valence-electron chi connectivity index (χ4n) is 3.61. The molecule has 1 aliphatic heterocycles. The number of hydrogen-bond acceptors (Lipinski definition) is 11. The third-order valence-corrected chi connectivity index (χ3v) is 6.90. The van der Waals surface area contributed by atoms with Gasteiger partial charge in [-0.05, 0) is 37.8 Å². The first kappa shape index (κ1) is 24.7. The van der Waals surface area contributed by atoms with Crippen LogP contribution in [0.15, 0.2) is 36.7 Å². The molecule has 0 saturated carbocycles. The van der Waals surface area contributed by atoms with E-state index >= 15 is 4.39 Å². The molecule has 184 valence electrons. The Kier molecular flexibility index (Phi) is 6.53. The first-order valence-electron chi connectivity index (χ1n) is 10.3. The van der Waals surface area contributed by atoms with Crippen LogP contribution in [0.1, 0.15) is 20.1 Å². The Morgan fingerprint density at radius 2 is 2.03 bits per heavy atom. The predicted octanol–water partition coefficient (Wildman–Crippen LogP) is 2.15. The zero-order chi connectivity index (χ0) is 24.7. The van der Waals surface area contributed by atoms with Crippen LogP contribution in [0.25, 0.3) is 11.2 Å². The number of halogens is 1. The van der Waals surface area contributed by atoms with Crippen molar-refractivity contribution in [1.82, 2.24) is 19.5 Å². The molecule has 0 unspecified atom stereocenters. The summed E-state index contributed by atoms with van der Waals surface area (Å²) in [5.74, 6) is -2.34. The first-order chi connectivity index (χ1) is 16.0. The van der Waals surface area contributed by atoms with Crippen LogP contribution in [0.5, 0.6) is 11.6 Å². The van der Waals surface area contributed by atoms with E-state index in [1.807, 2.05) is 6.07 Å². The third-order valence-electron chi connectivity index (χ3n) is 5.22. The van der Waals surface area contributed by atoms with Gasteiger partial charge in [0.1, 0.15) is 24.1 Å². The van der Waals surface area contributed by atoms with Gasteiger partial charge in [0, 0.05) is 6.66 Å². The number of aromatic nitrogens is 4. The number of nitrogens with two attached hydrogens (primary N) is 1. The SMILES string of the molecule is CCOc1nc(N)nc2c1ncn2[C@@H]1O[C@](F)(CO[P@@](C)(=S)Oc2ccccc2)[C@@H](O)[C@@]1(C)O. The minimum absolute atomic E-state index is 0.115. The molecule has 0 amide bonds. The maximum absolute atomic E-state index is 15.8. The lowest BCUT2D eigenvalue weighted by Gasteiger charge is -2.28. The number of anilines is 1. The standard InChI is InChI=1S/C20H25FN5O6PS/c1-4-29-15-13-14(24-18(22)25-15)26(11-23-13)17-19(2,28)16(27)20(21,31-17)10-30-33(3,34)32-12-8-6-5-7-9-12/h5-9,11,16-17,27-28H,4,10H2,1-3H3,(H2,22,24,25)/t16-,17+,19+,20+,33+/m0/s1. The van der Waals surface area contributed by atoms with Crippen molar-refractivity contribution >= 4 is 35.4 Å². The number of alkyl halides is 1. The van der Waals surface area contributed by atoms with Gasteiger partial charge in [-0.25, -0.2) is 9.37 Å². The van der Waals surface area contributed by atoms with E-state index in [1.54, 1.807) is 31.2 Å². The van der Waals surface area contributed by atoms with Gasteiger partial charge in [-0.1, -0.05) is 18.2 Å². The molecule has 1 aliphatic rings. The number of nitrogen functional groups attached to an aromatic ring is 1. The number of aliphatic hydroxyl groups excluding tert-OH is 1. The van der Waals surface area contributed by atoms with Crippen molar-refractivity contribution in [3.05, 3.63) is 36.7 Å². The van der Waals surface area contributed by atoms with Crippen LogP contribution in [0.4, 0.5) is 10.3 Å². The maximum atomic E-state index is 15.8. The van der Waals surface area contributed by atoms with Gasteiger partial charge >= 0.3 is 0 Å². The van der Waals surface area contributed by atoms with Crippen molar-refractivity contribution in [3.8, 4) is 11.6 Å². The number of ether oxygens (including phenoxy) is 2. The summed E-state index contributed by atoms with van der Waals surface area (Å²) in [6.07, 6.45) is -2.17. The van der Waals surface area contributed by atoms with Gasteiger partial charge in [-0.3, -0.25) is 4.57 Å². The third kappa shape index (κ3) is 4.59. The van der Waals surface area contributed by atoms with Crippen LogP contribution < -0.4 is 15.0 Å². The number of rotatable bonds is 8. The molecule has 3 aromatic rings. The minimum Gasteiger partial charge on any atom is -0.476 e. The Morgan fingerprint density at radius 3 is 2.71 bits per heavy atom. The maximum Gasteiger partial charge on any atom is 0.264 e. The highest BCUT2D eigenvalue weighted by Crippen LogP contribution is 2.50. The number of para-hydroxylation sites is 1. The largest absolute Gasteiger partial charge is 0.476 e. The van der Waals surface area contributed by atoms with Crippen LogP contribution in [0.2, 0.25) is 0 Å². The second-order valence-corrected chi connectivity index (χ2v) is 12.0. The van der Waals surface area contributed by atoms with Crippen LogP contribution in [0.3, 0.4) is 0 Å². The van der Waals surface area contributed by atoms with Gasteiger partial charge in [0.15, 0.2) is 17.4 Å². The van der Waals surface area contributed by atoms with E-state index in [9.17, 15) is 10.2 Å². The van der Waals surface area contributed by atoms with Crippen molar-refractivity contribution in [2.45, 2.75) is 37.6 Å². The van der Waals surface area contributed by atoms with E-state index in [2.05, 4.69) is 15.0 Å². The molecule has 0 spiro atoms. The normalized spacial score (nSPS) is 28.6. The Hall–Kier alpha value is -2.41. The summed E-state index contributed by atoms with van der Waals surface area (Å²) in [7, 11) is 0. The van der Waals surface area contributed by atoms with E-state index in [-0.39, 0.29) is 23.0 Å². The molecule has 0 radical (unpaired) electrons. The molecular formula is C20H25FN5O6PS. The smallest absolute Gasteiger partial charge is 0.264 e. The fourth-order valence-corrected chi connectivity index (χ4v) is 5.00. The fraction of sp³-hybridized carbons (Fsp3) is 0.450. The second kappa shape index (κ2) is 8.99. The Balaban J connectivity index is 1.59.